The first-order chi connectivity index (χ1) is 17.0. The van der Waals surface area contributed by atoms with Gasteiger partial charge in [-0.25, -0.2) is 13.8 Å². The van der Waals surface area contributed by atoms with Gasteiger partial charge in [0.1, 0.15) is 11.5 Å². The van der Waals surface area contributed by atoms with Crippen molar-refractivity contribution in [3.05, 3.63) is 77.5 Å². The summed E-state index contributed by atoms with van der Waals surface area (Å²) in [5.74, 6) is 0.0882. The van der Waals surface area contributed by atoms with Gasteiger partial charge < -0.3 is 14.7 Å². The first-order valence-corrected chi connectivity index (χ1v) is 13.0. The van der Waals surface area contributed by atoms with Gasteiger partial charge in [-0.3, -0.25) is 9.36 Å². The van der Waals surface area contributed by atoms with E-state index in [9.17, 15) is 18.9 Å². The molecule has 2 N–H and O–H groups in total. The van der Waals surface area contributed by atoms with Crippen molar-refractivity contribution >= 4 is 13.3 Å². The van der Waals surface area contributed by atoms with E-state index in [1.54, 1.807) is 30.3 Å². The number of carbonyl (C=O) groups is 1. The van der Waals surface area contributed by atoms with E-state index in [1.807, 2.05) is 13.8 Å². The average Bonchev–Trinajstić information content (AvgIpc) is 2.83. The molecule has 0 saturated heterocycles. The van der Waals surface area contributed by atoms with Crippen LogP contribution in [-0.4, -0.2) is 40.5 Å². The molecule has 188 valence electrons. The van der Waals surface area contributed by atoms with Gasteiger partial charge in [-0.2, -0.15) is 0 Å². The number of rotatable bonds is 8. The molecule has 0 saturated carbocycles. The van der Waals surface area contributed by atoms with Crippen LogP contribution in [0.1, 0.15) is 37.4 Å². The summed E-state index contributed by atoms with van der Waals surface area (Å²) < 4.78 is 48.0. The molecule has 0 bridgehead atoms. The summed E-state index contributed by atoms with van der Waals surface area (Å²) >= 11 is 0. The van der Waals surface area contributed by atoms with E-state index in [4.69, 9.17) is 9.63 Å². The molecule has 9 heteroatoms. The number of hydrogen-bond acceptors (Lipinski definition) is 5. The second-order valence-corrected chi connectivity index (χ2v) is 10.8. The predicted molar refractivity (Wildman–Crippen MR) is 134 cm³/mol. The number of aliphatic carboxylic acids is 1. The molecule has 2 aromatic carbocycles. The van der Waals surface area contributed by atoms with Crippen LogP contribution in [0.15, 0.2) is 54.6 Å². The largest absolute Gasteiger partial charge is 0.481 e. The van der Waals surface area contributed by atoms with Gasteiger partial charge >= 0.3 is 5.97 Å². The van der Waals surface area contributed by atoms with Crippen LogP contribution in [0.2, 0.25) is 0 Å². The van der Waals surface area contributed by atoms with Crippen LogP contribution in [-0.2, 0) is 13.9 Å². The Kier molecular flexibility index (Phi) is 8.75. The van der Waals surface area contributed by atoms with Gasteiger partial charge in [-0.1, -0.05) is 62.2 Å². The third-order valence-electron chi connectivity index (χ3n) is 5.40. The van der Waals surface area contributed by atoms with Crippen molar-refractivity contribution in [2.45, 2.75) is 32.3 Å². The number of halogens is 2. The molecule has 1 aromatic heterocycles. The highest BCUT2D eigenvalue weighted by Crippen LogP contribution is 2.46. The average molecular weight is 513 g/mol. The SMILES string of the molecule is COP(=O)(C#Cc1c(C(C)C)nc(-c2ccccc2)c(F)c1-c1ccc(F)cc1)C[C@@H](O)CC(=O)O. The van der Waals surface area contributed by atoms with E-state index in [2.05, 4.69) is 16.6 Å². The van der Waals surface area contributed by atoms with Gasteiger partial charge in [0.25, 0.3) is 7.37 Å². The van der Waals surface area contributed by atoms with E-state index >= 15 is 4.39 Å². The van der Waals surface area contributed by atoms with Crippen molar-refractivity contribution in [3.63, 3.8) is 0 Å². The maximum absolute atomic E-state index is 16.1. The highest BCUT2D eigenvalue weighted by atomic mass is 31.2. The number of hydrogen-bond donors (Lipinski definition) is 2. The number of aliphatic hydroxyl groups is 1. The Balaban J connectivity index is 2.28. The number of aromatic nitrogens is 1. The lowest BCUT2D eigenvalue weighted by molar-refractivity contribution is -0.138. The minimum atomic E-state index is -3.82. The normalized spacial score (nSPS) is 13.5. The molecule has 6 nitrogen and oxygen atoms in total. The quantitative estimate of drug-likeness (QED) is 0.288. The molecule has 0 aliphatic rings. The Morgan fingerprint density at radius 3 is 2.28 bits per heavy atom. The summed E-state index contributed by atoms with van der Waals surface area (Å²) in [4.78, 5) is 15.5. The van der Waals surface area contributed by atoms with Crippen LogP contribution in [0.3, 0.4) is 0 Å². The van der Waals surface area contributed by atoms with Gasteiger partial charge in [0, 0.05) is 18.2 Å². The van der Waals surface area contributed by atoms with Gasteiger partial charge in [-0.05, 0) is 29.3 Å². The van der Waals surface area contributed by atoms with Crippen molar-refractivity contribution in [2.75, 3.05) is 13.3 Å². The summed E-state index contributed by atoms with van der Waals surface area (Å²) in [6, 6.07) is 14.0. The van der Waals surface area contributed by atoms with Gasteiger partial charge in [0.15, 0.2) is 5.82 Å². The molecule has 3 rings (SSSR count). The van der Waals surface area contributed by atoms with E-state index < -0.39 is 43.7 Å². The molecule has 0 spiro atoms. The van der Waals surface area contributed by atoms with E-state index in [1.165, 1.54) is 24.3 Å². The molecule has 0 aliphatic heterocycles. The van der Waals surface area contributed by atoms with Crippen LogP contribution >= 0.6 is 7.37 Å². The van der Waals surface area contributed by atoms with Crippen molar-refractivity contribution in [2.24, 2.45) is 0 Å². The molecule has 0 aliphatic carbocycles. The topological polar surface area (TPSA) is 96.7 Å². The zero-order valence-corrected chi connectivity index (χ0v) is 20.9. The smallest absolute Gasteiger partial charge is 0.305 e. The van der Waals surface area contributed by atoms with Crippen LogP contribution in [0.4, 0.5) is 8.78 Å². The fourth-order valence-electron chi connectivity index (χ4n) is 3.65. The Morgan fingerprint density at radius 2 is 1.72 bits per heavy atom. The molecule has 3 aromatic rings. The van der Waals surface area contributed by atoms with Crippen LogP contribution in [0.5, 0.6) is 0 Å². The second-order valence-electron chi connectivity index (χ2n) is 8.46. The molecule has 36 heavy (non-hydrogen) atoms. The first kappa shape index (κ1) is 27.2. The molecular formula is C27H26F2NO5P. The molecule has 1 heterocycles. The van der Waals surface area contributed by atoms with E-state index in [-0.39, 0.29) is 22.7 Å². The molecule has 0 amide bonds. The fraction of sp³-hybridized carbons (Fsp3) is 0.259. The van der Waals surface area contributed by atoms with Crippen molar-refractivity contribution in [3.8, 4) is 34.0 Å². The zero-order valence-electron chi connectivity index (χ0n) is 20.0. The summed E-state index contributed by atoms with van der Waals surface area (Å²) in [6.07, 6.45) is -2.59. The van der Waals surface area contributed by atoms with Crippen LogP contribution in [0.25, 0.3) is 22.4 Å². The molecule has 0 fully saturated rings. The Labute approximate surface area is 208 Å². The molecule has 0 radical (unpaired) electrons. The van der Waals surface area contributed by atoms with Crippen molar-refractivity contribution in [1.29, 1.82) is 0 Å². The monoisotopic (exact) mass is 513 g/mol. The predicted octanol–water partition coefficient (Wildman–Crippen LogP) is 5.89. The molecular weight excluding hydrogens is 487 g/mol. The van der Waals surface area contributed by atoms with Crippen molar-refractivity contribution < 1.29 is 32.9 Å². The zero-order chi connectivity index (χ0) is 26.5. The standard InChI is InChI=1S/C27H26F2NO5P/c1-17(2)26-22(13-14-36(34,35-3)16-21(31)15-23(32)33)24(18-9-11-20(28)12-10-18)25(29)27(30-26)19-7-5-4-6-8-19/h4-12,17,21,31H,15-16H2,1-3H3,(H,32,33)/t21-,36?/m0/s1. The van der Waals surface area contributed by atoms with Crippen molar-refractivity contribution in [1.82, 2.24) is 4.98 Å². The minimum absolute atomic E-state index is 0.0637. The maximum atomic E-state index is 16.1. The van der Waals surface area contributed by atoms with E-state index in [0.29, 0.717) is 16.8 Å². The van der Waals surface area contributed by atoms with Gasteiger partial charge in [0.05, 0.1) is 29.9 Å². The lowest BCUT2D eigenvalue weighted by Crippen LogP contribution is -2.17. The van der Waals surface area contributed by atoms with Crippen LogP contribution < -0.4 is 0 Å². The van der Waals surface area contributed by atoms with Gasteiger partial charge in [-0.15, -0.1) is 0 Å². The van der Waals surface area contributed by atoms with E-state index in [0.717, 1.165) is 7.11 Å². The number of carboxylic acid groups (broad SMARTS) is 1. The fourth-order valence-corrected chi connectivity index (χ4v) is 4.95. The highest BCUT2D eigenvalue weighted by Gasteiger charge is 2.27. The minimum Gasteiger partial charge on any atom is -0.481 e. The molecule has 2 atom stereocenters. The number of nitrogens with zero attached hydrogens (tertiary/aromatic N) is 1. The first-order valence-electron chi connectivity index (χ1n) is 11.2. The lowest BCUT2D eigenvalue weighted by Gasteiger charge is -2.18. The van der Waals surface area contributed by atoms with Crippen LogP contribution in [0, 0.1) is 23.2 Å². The Morgan fingerprint density at radius 1 is 1.08 bits per heavy atom. The Bertz CT molecular complexity index is 1350. The number of carboxylic acids is 1. The summed E-state index contributed by atoms with van der Waals surface area (Å²) in [7, 11) is -2.67. The molecule has 1 unspecified atom stereocenters. The number of aliphatic hydroxyl groups excluding tert-OH is 1. The second kappa shape index (κ2) is 11.6. The number of benzene rings is 2. The lowest BCUT2D eigenvalue weighted by atomic mass is 9.92. The summed E-state index contributed by atoms with van der Waals surface area (Å²) in [6.45, 7) is 3.70. The summed E-state index contributed by atoms with van der Waals surface area (Å²) in [5.41, 5.74) is 4.14. The summed E-state index contributed by atoms with van der Waals surface area (Å²) in [5, 5.41) is 18.9. The van der Waals surface area contributed by atoms with Gasteiger partial charge in [0.2, 0.25) is 0 Å². The third kappa shape index (κ3) is 6.44. The Hall–Kier alpha value is -3.37. The number of pyridine rings is 1. The highest BCUT2D eigenvalue weighted by molar-refractivity contribution is 7.64. The maximum Gasteiger partial charge on any atom is 0.305 e. The third-order valence-corrected chi connectivity index (χ3v) is 7.34.